The minimum atomic E-state index is -0.164. The second-order valence-electron chi connectivity index (χ2n) is 7.42. The van der Waals surface area contributed by atoms with Crippen LogP contribution in [0.2, 0.25) is 0 Å². The van der Waals surface area contributed by atoms with Crippen LogP contribution in [0, 0.1) is 0 Å². The van der Waals surface area contributed by atoms with Gasteiger partial charge in [-0.05, 0) is 31.2 Å². The largest absolute Gasteiger partial charge is 0.461 e. The van der Waals surface area contributed by atoms with E-state index in [9.17, 15) is 0 Å². The first-order chi connectivity index (χ1) is 13.4. The van der Waals surface area contributed by atoms with Crippen molar-refractivity contribution in [1.29, 1.82) is 0 Å². The number of para-hydroxylation sites is 1. The van der Waals surface area contributed by atoms with Gasteiger partial charge in [0.2, 0.25) is 11.7 Å². The average Bonchev–Trinajstić information content (AvgIpc) is 3.41. The SMILES string of the molecule is CC(Sc1nnc(-c2ccco2)n1-c1ccccc1)c1nc(C(C)(C)C)no1. The van der Waals surface area contributed by atoms with Crippen molar-refractivity contribution in [3.05, 3.63) is 60.4 Å². The second kappa shape index (κ2) is 7.27. The Kier molecular flexibility index (Phi) is 4.80. The number of rotatable bonds is 5. The molecular weight excluding hydrogens is 374 g/mol. The Morgan fingerprint density at radius 2 is 1.82 bits per heavy atom. The highest BCUT2D eigenvalue weighted by Crippen LogP contribution is 2.37. The number of thioether (sulfide) groups is 1. The minimum absolute atomic E-state index is 0.0836. The van der Waals surface area contributed by atoms with Gasteiger partial charge in [0.1, 0.15) is 0 Å². The van der Waals surface area contributed by atoms with Crippen molar-refractivity contribution in [1.82, 2.24) is 24.9 Å². The molecule has 0 saturated carbocycles. The molecule has 0 amide bonds. The molecule has 4 rings (SSSR count). The van der Waals surface area contributed by atoms with E-state index in [-0.39, 0.29) is 10.7 Å². The maximum absolute atomic E-state index is 5.55. The van der Waals surface area contributed by atoms with Gasteiger partial charge in [0, 0.05) is 11.1 Å². The van der Waals surface area contributed by atoms with Crippen molar-refractivity contribution in [3.8, 4) is 17.3 Å². The van der Waals surface area contributed by atoms with Crippen molar-refractivity contribution >= 4 is 11.8 Å². The predicted octanol–water partition coefficient (Wildman–Crippen LogP) is 5.06. The first kappa shape index (κ1) is 18.5. The van der Waals surface area contributed by atoms with Crippen molar-refractivity contribution in [3.63, 3.8) is 0 Å². The molecule has 28 heavy (non-hydrogen) atoms. The van der Waals surface area contributed by atoms with Crippen LogP contribution in [0.15, 0.2) is 62.8 Å². The first-order valence-electron chi connectivity index (χ1n) is 8.99. The Morgan fingerprint density at radius 3 is 2.46 bits per heavy atom. The molecule has 1 aromatic carbocycles. The number of nitrogens with zero attached hydrogens (tertiary/aromatic N) is 5. The Balaban J connectivity index is 1.69. The fourth-order valence-electron chi connectivity index (χ4n) is 2.63. The molecule has 0 radical (unpaired) electrons. The van der Waals surface area contributed by atoms with E-state index >= 15 is 0 Å². The monoisotopic (exact) mass is 395 g/mol. The zero-order chi connectivity index (χ0) is 19.7. The van der Waals surface area contributed by atoms with E-state index in [1.807, 2.05) is 54.0 Å². The molecule has 3 heterocycles. The number of benzene rings is 1. The normalized spacial score (nSPS) is 13.0. The maximum Gasteiger partial charge on any atom is 0.239 e. The van der Waals surface area contributed by atoms with Crippen LogP contribution >= 0.6 is 11.8 Å². The molecule has 0 N–H and O–H groups in total. The van der Waals surface area contributed by atoms with Gasteiger partial charge in [0.05, 0.1) is 11.5 Å². The van der Waals surface area contributed by atoms with Gasteiger partial charge < -0.3 is 8.94 Å². The third kappa shape index (κ3) is 3.60. The molecule has 0 aliphatic carbocycles. The lowest BCUT2D eigenvalue weighted by Gasteiger charge is -2.12. The Hall–Kier alpha value is -2.87. The lowest BCUT2D eigenvalue weighted by Crippen LogP contribution is -2.13. The fourth-order valence-corrected chi connectivity index (χ4v) is 3.53. The van der Waals surface area contributed by atoms with E-state index in [1.54, 1.807) is 6.26 Å². The third-order valence-corrected chi connectivity index (χ3v) is 5.16. The van der Waals surface area contributed by atoms with Crippen LogP contribution < -0.4 is 0 Å². The predicted molar refractivity (Wildman–Crippen MR) is 106 cm³/mol. The van der Waals surface area contributed by atoms with Crippen LogP contribution in [0.25, 0.3) is 17.3 Å². The van der Waals surface area contributed by atoms with Crippen LogP contribution in [0.3, 0.4) is 0 Å². The molecule has 0 spiro atoms. The zero-order valence-corrected chi connectivity index (χ0v) is 17.0. The highest BCUT2D eigenvalue weighted by Gasteiger charge is 2.26. The summed E-state index contributed by atoms with van der Waals surface area (Å²) in [6.45, 7) is 8.19. The molecule has 0 saturated heterocycles. The van der Waals surface area contributed by atoms with E-state index < -0.39 is 0 Å². The third-order valence-electron chi connectivity index (χ3n) is 4.13. The molecule has 0 aliphatic rings. The second-order valence-corrected chi connectivity index (χ2v) is 8.73. The topological polar surface area (TPSA) is 82.8 Å². The molecular formula is C20H21N5O2S. The lowest BCUT2D eigenvalue weighted by molar-refractivity contribution is 0.364. The zero-order valence-electron chi connectivity index (χ0n) is 16.2. The summed E-state index contributed by atoms with van der Waals surface area (Å²) < 4.78 is 13.0. The molecule has 7 nitrogen and oxygen atoms in total. The molecule has 4 aromatic rings. The first-order valence-corrected chi connectivity index (χ1v) is 9.87. The van der Waals surface area contributed by atoms with Gasteiger partial charge in [-0.1, -0.05) is 55.9 Å². The van der Waals surface area contributed by atoms with Crippen LogP contribution in [0.5, 0.6) is 0 Å². The number of hydrogen-bond donors (Lipinski definition) is 0. The summed E-state index contributed by atoms with van der Waals surface area (Å²) in [6, 6.07) is 13.7. The van der Waals surface area contributed by atoms with Crippen LogP contribution in [-0.4, -0.2) is 24.9 Å². The van der Waals surface area contributed by atoms with Gasteiger partial charge in [-0.15, -0.1) is 10.2 Å². The standard InChI is InChI=1S/C20H21N5O2S/c1-13(17-21-18(24-27-17)20(2,3)4)28-19-23-22-16(15-11-8-12-26-15)25(19)14-9-6-5-7-10-14/h5-13H,1-4H3. The number of aromatic nitrogens is 5. The highest BCUT2D eigenvalue weighted by atomic mass is 32.2. The summed E-state index contributed by atoms with van der Waals surface area (Å²) >= 11 is 1.51. The molecule has 1 unspecified atom stereocenters. The summed E-state index contributed by atoms with van der Waals surface area (Å²) in [5.74, 6) is 2.56. The molecule has 1 atom stereocenters. The Bertz CT molecular complexity index is 1050. The molecule has 144 valence electrons. The van der Waals surface area contributed by atoms with Gasteiger partial charge in [0.15, 0.2) is 16.7 Å². The van der Waals surface area contributed by atoms with E-state index in [4.69, 9.17) is 8.94 Å². The minimum Gasteiger partial charge on any atom is -0.461 e. The van der Waals surface area contributed by atoms with Crippen LogP contribution in [0.4, 0.5) is 0 Å². The molecule has 8 heteroatoms. The quantitative estimate of drug-likeness (QED) is 0.437. The highest BCUT2D eigenvalue weighted by molar-refractivity contribution is 7.99. The lowest BCUT2D eigenvalue weighted by atomic mass is 9.96. The van der Waals surface area contributed by atoms with Gasteiger partial charge in [-0.25, -0.2) is 0 Å². The molecule has 0 aliphatic heterocycles. The fraction of sp³-hybridized carbons (Fsp3) is 0.300. The summed E-state index contributed by atoms with van der Waals surface area (Å²) in [4.78, 5) is 4.56. The molecule has 0 fully saturated rings. The van der Waals surface area contributed by atoms with E-state index in [0.717, 1.165) is 10.8 Å². The van der Waals surface area contributed by atoms with E-state index in [0.29, 0.717) is 23.3 Å². The van der Waals surface area contributed by atoms with Crippen molar-refractivity contribution in [2.24, 2.45) is 0 Å². The molecule has 3 aromatic heterocycles. The van der Waals surface area contributed by atoms with Gasteiger partial charge >= 0.3 is 0 Å². The van der Waals surface area contributed by atoms with Crippen molar-refractivity contribution in [2.45, 2.75) is 43.5 Å². The van der Waals surface area contributed by atoms with Crippen LogP contribution in [-0.2, 0) is 5.41 Å². The Morgan fingerprint density at radius 1 is 1.04 bits per heavy atom. The van der Waals surface area contributed by atoms with Crippen molar-refractivity contribution in [2.75, 3.05) is 0 Å². The van der Waals surface area contributed by atoms with Gasteiger partial charge in [-0.3, -0.25) is 4.57 Å². The van der Waals surface area contributed by atoms with Crippen LogP contribution in [0.1, 0.15) is 44.7 Å². The summed E-state index contributed by atoms with van der Waals surface area (Å²) in [7, 11) is 0. The average molecular weight is 395 g/mol. The summed E-state index contributed by atoms with van der Waals surface area (Å²) in [5.41, 5.74) is 0.789. The maximum atomic E-state index is 5.55. The van der Waals surface area contributed by atoms with E-state index in [1.165, 1.54) is 11.8 Å². The van der Waals surface area contributed by atoms with Crippen molar-refractivity contribution < 1.29 is 8.94 Å². The Labute approximate surface area is 167 Å². The number of hydrogen-bond acceptors (Lipinski definition) is 7. The van der Waals surface area contributed by atoms with Gasteiger partial charge in [-0.2, -0.15) is 4.98 Å². The summed E-state index contributed by atoms with van der Waals surface area (Å²) in [5, 5.41) is 13.5. The van der Waals surface area contributed by atoms with Gasteiger partial charge in [0.25, 0.3) is 0 Å². The smallest absolute Gasteiger partial charge is 0.239 e. The molecule has 0 bridgehead atoms. The van der Waals surface area contributed by atoms with E-state index in [2.05, 4.69) is 41.1 Å². The number of furan rings is 1. The summed E-state index contributed by atoms with van der Waals surface area (Å²) in [6.07, 6.45) is 1.63.